The van der Waals surface area contributed by atoms with E-state index in [-0.39, 0.29) is 28.6 Å². The molecule has 0 bridgehead atoms. The number of amides is 1. The third-order valence-electron chi connectivity index (χ3n) is 5.85. The van der Waals surface area contributed by atoms with E-state index >= 15 is 0 Å². The number of fused-ring (bicyclic) bond motifs is 1. The molecule has 1 fully saturated rings. The molecule has 8 nitrogen and oxygen atoms in total. The average Bonchev–Trinajstić information content (AvgIpc) is 2.85. The van der Waals surface area contributed by atoms with Crippen molar-refractivity contribution in [3.05, 3.63) is 70.1 Å². The maximum Gasteiger partial charge on any atom is 0.274 e. The van der Waals surface area contributed by atoms with Gasteiger partial charge in [-0.25, -0.2) is 13.1 Å². The number of benzene rings is 2. The summed E-state index contributed by atoms with van der Waals surface area (Å²) in [4.78, 5) is 25.8. The molecule has 0 spiro atoms. The lowest BCUT2D eigenvalue weighted by Crippen LogP contribution is -2.35. The van der Waals surface area contributed by atoms with Gasteiger partial charge in [-0.3, -0.25) is 9.59 Å². The molecule has 1 N–H and O–H groups in total. The smallest absolute Gasteiger partial charge is 0.274 e. The molecule has 2 heterocycles. The molecule has 2 aromatic carbocycles. The number of piperidine rings is 1. The van der Waals surface area contributed by atoms with E-state index in [0.29, 0.717) is 30.4 Å². The first kappa shape index (κ1) is 23.1. The quantitative estimate of drug-likeness (QED) is 0.575. The third-order valence-corrected chi connectivity index (χ3v) is 7.76. The van der Waals surface area contributed by atoms with Crippen molar-refractivity contribution in [2.75, 3.05) is 13.1 Å². The van der Waals surface area contributed by atoms with Crippen molar-refractivity contribution < 1.29 is 13.2 Å². The van der Waals surface area contributed by atoms with Crippen molar-refractivity contribution in [3.63, 3.8) is 0 Å². The molecule has 0 atom stereocenters. The Morgan fingerprint density at radius 1 is 1.00 bits per heavy atom. The molecule has 1 saturated heterocycles. The maximum atomic E-state index is 12.9. The maximum absolute atomic E-state index is 12.9. The van der Waals surface area contributed by atoms with Gasteiger partial charge in [0.15, 0.2) is 5.69 Å². The SMILES string of the molecule is CCCn1nc(C(=O)NCc2ccc(S(=O)(=O)N3CCCCC3)cc2)c2ccccc2c1=O. The zero-order valence-electron chi connectivity index (χ0n) is 18.7. The van der Waals surface area contributed by atoms with Crippen LogP contribution in [0.15, 0.2) is 58.2 Å². The second kappa shape index (κ2) is 9.84. The van der Waals surface area contributed by atoms with Crippen LogP contribution in [-0.2, 0) is 23.1 Å². The standard InChI is InChI=1S/C24H28N4O4S/c1-2-14-28-24(30)21-9-5-4-8-20(21)22(26-28)23(29)25-17-18-10-12-19(13-11-18)33(31,32)27-15-6-3-7-16-27/h4-5,8-13H,2-3,6-7,14-17H2,1H3,(H,25,29). The fraction of sp³-hybridized carbons (Fsp3) is 0.375. The predicted molar refractivity (Wildman–Crippen MR) is 127 cm³/mol. The van der Waals surface area contributed by atoms with Crippen molar-refractivity contribution in [3.8, 4) is 0 Å². The summed E-state index contributed by atoms with van der Waals surface area (Å²) < 4.78 is 28.5. The number of carbonyl (C=O) groups excluding carboxylic acids is 1. The summed E-state index contributed by atoms with van der Waals surface area (Å²) in [6, 6.07) is 13.5. The van der Waals surface area contributed by atoms with Gasteiger partial charge in [0.2, 0.25) is 10.0 Å². The highest BCUT2D eigenvalue weighted by atomic mass is 32.2. The Bertz CT molecular complexity index is 1310. The zero-order chi connectivity index (χ0) is 23.4. The van der Waals surface area contributed by atoms with Gasteiger partial charge in [0, 0.05) is 31.6 Å². The monoisotopic (exact) mass is 468 g/mol. The van der Waals surface area contributed by atoms with E-state index in [0.717, 1.165) is 31.2 Å². The largest absolute Gasteiger partial charge is 0.347 e. The van der Waals surface area contributed by atoms with Gasteiger partial charge in [0.25, 0.3) is 11.5 Å². The molecular weight excluding hydrogens is 440 g/mol. The first-order valence-corrected chi connectivity index (χ1v) is 12.7. The van der Waals surface area contributed by atoms with E-state index < -0.39 is 10.0 Å². The van der Waals surface area contributed by atoms with E-state index in [1.54, 1.807) is 48.5 Å². The van der Waals surface area contributed by atoms with Gasteiger partial charge in [-0.05, 0) is 43.0 Å². The Balaban J connectivity index is 1.51. The Morgan fingerprint density at radius 3 is 2.33 bits per heavy atom. The van der Waals surface area contributed by atoms with Crippen LogP contribution in [0.2, 0.25) is 0 Å². The van der Waals surface area contributed by atoms with Crippen molar-refractivity contribution >= 4 is 26.7 Å². The Hall–Kier alpha value is -3.04. The van der Waals surface area contributed by atoms with Crippen LogP contribution in [0.5, 0.6) is 0 Å². The first-order valence-electron chi connectivity index (χ1n) is 11.3. The van der Waals surface area contributed by atoms with Gasteiger partial charge in [-0.15, -0.1) is 0 Å². The molecule has 1 aliphatic heterocycles. The molecule has 4 rings (SSSR count). The first-order chi connectivity index (χ1) is 15.9. The van der Waals surface area contributed by atoms with Crippen molar-refractivity contribution in [2.45, 2.75) is 50.6 Å². The molecule has 9 heteroatoms. The lowest BCUT2D eigenvalue weighted by atomic mass is 10.1. The Kier molecular flexibility index (Phi) is 6.90. The minimum atomic E-state index is -3.49. The highest BCUT2D eigenvalue weighted by Gasteiger charge is 2.25. The van der Waals surface area contributed by atoms with Crippen molar-refractivity contribution in [2.24, 2.45) is 0 Å². The minimum absolute atomic E-state index is 0.197. The van der Waals surface area contributed by atoms with Crippen LogP contribution < -0.4 is 10.9 Å². The van der Waals surface area contributed by atoms with Crippen molar-refractivity contribution in [1.82, 2.24) is 19.4 Å². The number of aryl methyl sites for hydroxylation is 1. The lowest BCUT2D eigenvalue weighted by molar-refractivity contribution is 0.0945. The highest BCUT2D eigenvalue weighted by Crippen LogP contribution is 2.21. The summed E-state index contributed by atoms with van der Waals surface area (Å²) in [5.74, 6) is -0.388. The number of hydrogen-bond acceptors (Lipinski definition) is 5. The van der Waals surface area contributed by atoms with Gasteiger partial charge >= 0.3 is 0 Å². The number of aromatic nitrogens is 2. The van der Waals surface area contributed by atoms with E-state index in [2.05, 4.69) is 10.4 Å². The van der Waals surface area contributed by atoms with Crippen LogP contribution in [-0.4, -0.2) is 41.5 Å². The molecule has 1 amide bonds. The normalized spacial score (nSPS) is 14.9. The topological polar surface area (TPSA) is 101 Å². The van der Waals surface area contributed by atoms with E-state index in [1.807, 2.05) is 6.92 Å². The van der Waals surface area contributed by atoms with Crippen LogP contribution in [0.4, 0.5) is 0 Å². The number of carbonyl (C=O) groups is 1. The molecule has 3 aromatic rings. The predicted octanol–water partition coefficient (Wildman–Crippen LogP) is 2.91. The van der Waals surface area contributed by atoms with Crippen LogP contribution in [0.25, 0.3) is 10.8 Å². The number of rotatable bonds is 7. The summed E-state index contributed by atoms with van der Waals surface area (Å²) in [5, 5.41) is 8.12. The minimum Gasteiger partial charge on any atom is -0.347 e. The molecule has 1 aromatic heterocycles. The molecule has 33 heavy (non-hydrogen) atoms. The zero-order valence-corrected chi connectivity index (χ0v) is 19.5. The van der Waals surface area contributed by atoms with E-state index in [4.69, 9.17) is 0 Å². The lowest BCUT2D eigenvalue weighted by Gasteiger charge is -2.25. The molecular formula is C24H28N4O4S. The van der Waals surface area contributed by atoms with Gasteiger partial charge < -0.3 is 5.32 Å². The molecule has 0 saturated carbocycles. The Labute approximate surface area is 193 Å². The van der Waals surface area contributed by atoms with Gasteiger partial charge in [0.05, 0.1) is 10.3 Å². The van der Waals surface area contributed by atoms with Crippen LogP contribution >= 0.6 is 0 Å². The second-order valence-corrected chi connectivity index (χ2v) is 10.2. The fourth-order valence-electron chi connectivity index (χ4n) is 4.07. The summed E-state index contributed by atoms with van der Waals surface area (Å²) in [6.45, 7) is 3.70. The van der Waals surface area contributed by atoms with Crippen LogP contribution in [0, 0.1) is 0 Å². The molecule has 0 radical (unpaired) electrons. The third kappa shape index (κ3) is 4.84. The molecule has 1 aliphatic rings. The van der Waals surface area contributed by atoms with Crippen LogP contribution in [0.3, 0.4) is 0 Å². The molecule has 174 valence electrons. The summed E-state index contributed by atoms with van der Waals surface area (Å²) in [7, 11) is -3.49. The number of hydrogen-bond donors (Lipinski definition) is 1. The van der Waals surface area contributed by atoms with Crippen molar-refractivity contribution in [1.29, 1.82) is 0 Å². The van der Waals surface area contributed by atoms with Gasteiger partial charge in [0.1, 0.15) is 0 Å². The van der Waals surface area contributed by atoms with Gasteiger partial charge in [-0.2, -0.15) is 9.40 Å². The van der Waals surface area contributed by atoms with Gasteiger partial charge in [-0.1, -0.05) is 43.7 Å². The van der Waals surface area contributed by atoms with Crippen LogP contribution in [0.1, 0.15) is 48.7 Å². The molecule has 0 aliphatic carbocycles. The van der Waals surface area contributed by atoms with E-state index in [1.165, 1.54) is 8.99 Å². The summed E-state index contributed by atoms with van der Waals surface area (Å²) in [5.41, 5.74) is 0.754. The summed E-state index contributed by atoms with van der Waals surface area (Å²) >= 11 is 0. The number of sulfonamides is 1. The summed E-state index contributed by atoms with van der Waals surface area (Å²) in [6.07, 6.45) is 3.55. The fourth-order valence-corrected chi connectivity index (χ4v) is 5.58. The second-order valence-electron chi connectivity index (χ2n) is 8.21. The highest BCUT2D eigenvalue weighted by molar-refractivity contribution is 7.89. The Morgan fingerprint density at radius 2 is 1.67 bits per heavy atom. The number of nitrogens with zero attached hydrogens (tertiary/aromatic N) is 3. The number of nitrogens with one attached hydrogen (secondary N) is 1. The van der Waals surface area contributed by atoms with E-state index in [9.17, 15) is 18.0 Å². The molecule has 0 unspecified atom stereocenters. The average molecular weight is 469 g/mol.